The summed E-state index contributed by atoms with van der Waals surface area (Å²) in [5.74, 6) is -1.06. The van der Waals surface area contributed by atoms with Crippen molar-refractivity contribution in [2.24, 2.45) is 0 Å². The van der Waals surface area contributed by atoms with E-state index in [1.807, 2.05) is 0 Å². The summed E-state index contributed by atoms with van der Waals surface area (Å²) in [5, 5.41) is 8.80. The van der Waals surface area contributed by atoms with E-state index in [9.17, 15) is 13.2 Å². The van der Waals surface area contributed by atoms with Gasteiger partial charge >= 0.3 is 5.97 Å². The van der Waals surface area contributed by atoms with Gasteiger partial charge in [0.15, 0.2) is 0 Å². The quantitative estimate of drug-likeness (QED) is 0.826. The lowest BCUT2D eigenvalue weighted by Gasteiger charge is -2.06. The monoisotopic (exact) mass is 243 g/mol. The molecule has 0 bridgehead atoms. The fourth-order valence-electron chi connectivity index (χ4n) is 1.32. The molecule has 0 saturated heterocycles. The van der Waals surface area contributed by atoms with Crippen LogP contribution in [0.25, 0.3) is 0 Å². The van der Waals surface area contributed by atoms with Crippen LogP contribution in [0, 0.1) is 6.92 Å². The Labute approximate surface area is 94.2 Å². The molecule has 2 N–H and O–H groups in total. The van der Waals surface area contributed by atoms with Crippen molar-refractivity contribution < 1.29 is 18.3 Å². The second-order valence-electron chi connectivity index (χ2n) is 3.28. The lowest BCUT2D eigenvalue weighted by molar-refractivity contribution is 0.0696. The van der Waals surface area contributed by atoms with E-state index < -0.39 is 16.0 Å². The maximum Gasteiger partial charge on any atom is 0.335 e. The minimum absolute atomic E-state index is 0.0804. The Bertz CT molecular complexity index is 508. The highest BCUT2D eigenvalue weighted by Crippen LogP contribution is 2.15. The van der Waals surface area contributed by atoms with Crippen LogP contribution in [0.4, 0.5) is 0 Å². The van der Waals surface area contributed by atoms with E-state index in [4.69, 9.17) is 5.11 Å². The first-order valence-electron chi connectivity index (χ1n) is 4.72. The molecule has 0 aliphatic carbocycles. The molecule has 0 aromatic heterocycles. The molecule has 1 aromatic carbocycles. The van der Waals surface area contributed by atoms with Crippen LogP contribution in [-0.4, -0.2) is 26.0 Å². The molecule has 1 aromatic rings. The molecule has 16 heavy (non-hydrogen) atoms. The molecule has 0 fully saturated rings. The topological polar surface area (TPSA) is 83.5 Å². The van der Waals surface area contributed by atoms with Crippen LogP contribution in [0.15, 0.2) is 23.1 Å². The van der Waals surface area contributed by atoms with Gasteiger partial charge in [-0.05, 0) is 30.7 Å². The number of rotatable bonds is 4. The molecule has 88 valence electrons. The third-order valence-corrected chi connectivity index (χ3v) is 3.62. The standard InChI is InChI=1S/C10H13NO4S/c1-3-11-16(14,15)8-4-5-9(10(12)13)7(2)6-8/h4-6,11H,3H2,1-2H3,(H,12,13). The number of carboxylic acid groups (broad SMARTS) is 1. The molecule has 5 nitrogen and oxygen atoms in total. The van der Waals surface area contributed by atoms with Gasteiger partial charge in [0.25, 0.3) is 0 Å². The Balaban J connectivity index is 3.21. The second-order valence-corrected chi connectivity index (χ2v) is 5.05. The molecular formula is C10H13NO4S. The molecule has 1 rings (SSSR count). The van der Waals surface area contributed by atoms with Crippen molar-refractivity contribution >= 4 is 16.0 Å². The fraction of sp³-hybridized carbons (Fsp3) is 0.300. The smallest absolute Gasteiger partial charge is 0.335 e. The van der Waals surface area contributed by atoms with Crippen molar-refractivity contribution in [3.05, 3.63) is 29.3 Å². The van der Waals surface area contributed by atoms with Gasteiger partial charge in [0.1, 0.15) is 0 Å². The molecule has 0 atom stereocenters. The van der Waals surface area contributed by atoms with Gasteiger partial charge in [-0.1, -0.05) is 6.92 Å². The molecular weight excluding hydrogens is 230 g/mol. The second kappa shape index (κ2) is 4.63. The summed E-state index contributed by atoms with van der Waals surface area (Å²) < 4.78 is 25.6. The number of carboxylic acids is 1. The van der Waals surface area contributed by atoms with Gasteiger partial charge < -0.3 is 5.11 Å². The number of hydrogen-bond acceptors (Lipinski definition) is 3. The largest absolute Gasteiger partial charge is 0.478 e. The molecule has 0 saturated carbocycles. The van der Waals surface area contributed by atoms with E-state index in [2.05, 4.69) is 4.72 Å². The lowest BCUT2D eigenvalue weighted by atomic mass is 10.1. The summed E-state index contributed by atoms with van der Waals surface area (Å²) in [7, 11) is -3.52. The number of aromatic carboxylic acids is 1. The Hall–Kier alpha value is -1.40. The van der Waals surface area contributed by atoms with E-state index in [1.54, 1.807) is 13.8 Å². The van der Waals surface area contributed by atoms with Gasteiger partial charge in [-0.2, -0.15) is 0 Å². The molecule has 0 heterocycles. The molecule has 0 aliphatic rings. The third kappa shape index (κ3) is 2.59. The van der Waals surface area contributed by atoms with Crippen LogP contribution in [0.2, 0.25) is 0 Å². The van der Waals surface area contributed by atoms with Crippen molar-refractivity contribution in [1.82, 2.24) is 4.72 Å². The number of nitrogens with one attached hydrogen (secondary N) is 1. The van der Waals surface area contributed by atoms with Crippen molar-refractivity contribution in [2.75, 3.05) is 6.54 Å². The summed E-state index contributed by atoms with van der Waals surface area (Å²) in [4.78, 5) is 10.8. The minimum Gasteiger partial charge on any atom is -0.478 e. The van der Waals surface area contributed by atoms with Crippen molar-refractivity contribution in [1.29, 1.82) is 0 Å². The summed E-state index contributed by atoms with van der Waals surface area (Å²) in [6.07, 6.45) is 0. The molecule has 0 spiro atoms. The van der Waals surface area contributed by atoms with Crippen LogP contribution in [0.5, 0.6) is 0 Å². The molecule has 6 heteroatoms. The van der Waals surface area contributed by atoms with Gasteiger partial charge in [-0.3, -0.25) is 0 Å². The Kier molecular flexibility index (Phi) is 3.66. The van der Waals surface area contributed by atoms with E-state index in [0.29, 0.717) is 12.1 Å². The van der Waals surface area contributed by atoms with Crippen LogP contribution < -0.4 is 4.72 Å². The number of sulfonamides is 1. The van der Waals surface area contributed by atoms with Gasteiger partial charge in [0, 0.05) is 6.54 Å². The Morgan fingerprint density at radius 1 is 1.44 bits per heavy atom. The van der Waals surface area contributed by atoms with E-state index in [0.717, 1.165) is 0 Å². The predicted octanol–water partition coefficient (Wildman–Crippen LogP) is 0.991. The van der Waals surface area contributed by atoms with Crippen molar-refractivity contribution in [3.8, 4) is 0 Å². The van der Waals surface area contributed by atoms with Crippen molar-refractivity contribution in [2.45, 2.75) is 18.7 Å². The van der Waals surface area contributed by atoms with Crippen LogP contribution in [0.1, 0.15) is 22.8 Å². The highest BCUT2D eigenvalue weighted by atomic mass is 32.2. The minimum atomic E-state index is -3.52. The average Bonchev–Trinajstić information content (AvgIpc) is 2.16. The van der Waals surface area contributed by atoms with Crippen molar-refractivity contribution in [3.63, 3.8) is 0 Å². The number of carbonyl (C=O) groups is 1. The number of hydrogen-bond donors (Lipinski definition) is 2. The SMILES string of the molecule is CCNS(=O)(=O)c1ccc(C(=O)O)c(C)c1. The van der Waals surface area contributed by atoms with Crippen LogP contribution in [-0.2, 0) is 10.0 Å². The summed E-state index contributed by atoms with van der Waals surface area (Å²) in [6.45, 7) is 3.53. The number of benzene rings is 1. The summed E-state index contributed by atoms with van der Waals surface area (Å²) in [6, 6.07) is 3.93. The Morgan fingerprint density at radius 2 is 2.06 bits per heavy atom. The average molecular weight is 243 g/mol. The maximum atomic E-state index is 11.6. The van der Waals surface area contributed by atoms with E-state index in [-0.39, 0.29) is 10.5 Å². The Morgan fingerprint density at radius 3 is 2.50 bits per heavy atom. The predicted molar refractivity (Wildman–Crippen MR) is 59.0 cm³/mol. The fourth-order valence-corrected chi connectivity index (χ4v) is 2.44. The third-order valence-electron chi connectivity index (χ3n) is 2.07. The maximum absolute atomic E-state index is 11.6. The zero-order chi connectivity index (χ0) is 12.3. The highest BCUT2D eigenvalue weighted by Gasteiger charge is 2.15. The normalized spacial score (nSPS) is 11.4. The van der Waals surface area contributed by atoms with E-state index >= 15 is 0 Å². The first kappa shape index (κ1) is 12.7. The van der Waals surface area contributed by atoms with Crippen LogP contribution >= 0.6 is 0 Å². The lowest BCUT2D eigenvalue weighted by Crippen LogP contribution is -2.23. The molecule has 0 unspecified atom stereocenters. The van der Waals surface area contributed by atoms with Gasteiger partial charge in [-0.25, -0.2) is 17.9 Å². The number of aryl methyl sites for hydroxylation is 1. The zero-order valence-corrected chi connectivity index (χ0v) is 9.84. The van der Waals surface area contributed by atoms with Gasteiger partial charge in [-0.15, -0.1) is 0 Å². The first-order chi connectivity index (χ1) is 7.38. The molecule has 0 amide bonds. The van der Waals surface area contributed by atoms with Crippen LogP contribution in [0.3, 0.4) is 0 Å². The van der Waals surface area contributed by atoms with Gasteiger partial charge in [0.05, 0.1) is 10.5 Å². The van der Waals surface area contributed by atoms with E-state index in [1.165, 1.54) is 18.2 Å². The molecule has 0 radical (unpaired) electrons. The first-order valence-corrected chi connectivity index (χ1v) is 6.20. The highest BCUT2D eigenvalue weighted by molar-refractivity contribution is 7.89. The summed E-state index contributed by atoms with van der Waals surface area (Å²) in [5.41, 5.74) is 0.530. The zero-order valence-electron chi connectivity index (χ0n) is 9.02. The summed E-state index contributed by atoms with van der Waals surface area (Å²) >= 11 is 0. The molecule has 0 aliphatic heterocycles. The van der Waals surface area contributed by atoms with Gasteiger partial charge in [0.2, 0.25) is 10.0 Å².